The van der Waals surface area contributed by atoms with Gasteiger partial charge in [-0.15, -0.1) is 0 Å². The summed E-state index contributed by atoms with van der Waals surface area (Å²) >= 11 is 7.28. The molecule has 0 aliphatic carbocycles. The minimum absolute atomic E-state index is 0.196. The summed E-state index contributed by atoms with van der Waals surface area (Å²) in [6, 6.07) is 26.2. The maximum atomic E-state index is 13.1. The summed E-state index contributed by atoms with van der Waals surface area (Å²) in [5, 5.41) is 4.81. The summed E-state index contributed by atoms with van der Waals surface area (Å²) in [5.41, 5.74) is 3.27. The Kier molecular flexibility index (Phi) is 7.49. The molecular formula is C30H23ClN2O4S. The molecule has 1 N–H and O–H groups in total. The van der Waals surface area contributed by atoms with Gasteiger partial charge in [-0.2, -0.15) is 0 Å². The zero-order valence-corrected chi connectivity index (χ0v) is 22.0. The minimum Gasteiger partial charge on any atom is -0.482 e. The highest BCUT2D eigenvalue weighted by Crippen LogP contribution is 2.35. The Morgan fingerprint density at radius 2 is 1.79 bits per heavy atom. The Labute approximate surface area is 229 Å². The average Bonchev–Trinajstić information content (AvgIpc) is 3.15. The van der Waals surface area contributed by atoms with Gasteiger partial charge in [-0.05, 0) is 76.5 Å². The van der Waals surface area contributed by atoms with Crippen molar-refractivity contribution in [1.82, 2.24) is 4.90 Å². The highest BCUT2D eigenvalue weighted by molar-refractivity contribution is 8.18. The van der Waals surface area contributed by atoms with E-state index >= 15 is 0 Å². The number of hydrogen-bond donors (Lipinski definition) is 1. The van der Waals surface area contributed by atoms with Crippen molar-refractivity contribution in [3.8, 4) is 5.75 Å². The number of carbonyl (C=O) groups excluding carboxylic acids is 3. The summed E-state index contributed by atoms with van der Waals surface area (Å²) in [6.45, 7) is 1.93. The third-order valence-electron chi connectivity index (χ3n) is 6.00. The molecular weight excluding hydrogens is 520 g/mol. The van der Waals surface area contributed by atoms with Crippen LogP contribution in [0.4, 0.5) is 10.5 Å². The maximum absolute atomic E-state index is 13.1. The predicted molar refractivity (Wildman–Crippen MR) is 152 cm³/mol. The van der Waals surface area contributed by atoms with Gasteiger partial charge in [0.25, 0.3) is 17.1 Å². The highest BCUT2D eigenvalue weighted by Gasteiger charge is 2.35. The van der Waals surface area contributed by atoms with Gasteiger partial charge in [-0.1, -0.05) is 72.3 Å². The molecule has 38 heavy (non-hydrogen) atoms. The zero-order chi connectivity index (χ0) is 26.6. The first kappa shape index (κ1) is 25.6. The molecule has 6 nitrogen and oxygen atoms in total. The van der Waals surface area contributed by atoms with Crippen LogP contribution in [0.2, 0.25) is 5.02 Å². The van der Waals surface area contributed by atoms with Crippen molar-refractivity contribution < 1.29 is 19.1 Å². The Morgan fingerprint density at radius 1 is 1.00 bits per heavy atom. The Balaban J connectivity index is 1.24. The molecule has 1 heterocycles. The second kappa shape index (κ2) is 11.1. The van der Waals surface area contributed by atoms with Crippen molar-refractivity contribution in [3.05, 3.63) is 112 Å². The van der Waals surface area contributed by atoms with Crippen LogP contribution in [0.5, 0.6) is 5.75 Å². The number of imide groups is 1. The van der Waals surface area contributed by atoms with Crippen LogP contribution in [0.1, 0.15) is 16.7 Å². The predicted octanol–water partition coefficient (Wildman–Crippen LogP) is 7.06. The fourth-order valence-corrected chi connectivity index (χ4v) is 5.26. The van der Waals surface area contributed by atoms with Gasteiger partial charge in [0.1, 0.15) is 5.75 Å². The monoisotopic (exact) mass is 542 g/mol. The number of thioether (sulfide) groups is 1. The Hall–Kier alpha value is -4.07. The third-order valence-corrected chi connectivity index (χ3v) is 7.20. The quantitative estimate of drug-likeness (QED) is 0.253. The molecule has 1 saturated heterocycles. The number of benzene rings is 4. The summed E-state index contributed by atoms with van der Waals surface area (Å²) in [7, 11) is 0. The van der Waals surface area contributed by atoms with E-state index in [1.165, 1.54) is 4.90 Å². The lowest BCUT2D eigenvalue weighted by atomic mass is 10.0. The van der Waals surface area contributed by atoms with Crippen LogP contribution in [0, 0.1) is 6.92 Å². The normalized spacial score (nSPS) is 14.4. The van der Waals surface area contributed by atoms with Gasteiger partial charge in [0, 0.05) is 5.69 Å². The lowest BCUT2D eigenvalue weighted by Gasteiger charge is -2.14. The van der Waals surface area contributed by atoms with Crippen molar-refractivity contribution in [2.24, 2.45) is 0 Å². The number of fused-ring (bicyclic) bond motifs is 1. The molecule has 0 bridgehead atoms. The molecule has 5 rings (SSSR count). The van der Waals surface area contributed by atoms with Crippen LogP contribution in [0.3, 0.4) is 0 Å². The number of anilines is 1. The largest absolute Gasteiger partial charge is 0.482 e. The number of nitrogens with one attached hydrogen (secondary N) is 1. The third kappa shape index (κ3) is 5.74. The van der Waals surface area contributed by atoms with E-state index in [2.05, 4.69) is 5.32 Å². The van der Waals surface area contributed by atoms with Crippen molar-refractivity contribution in [2.75, 3.05) is 11.9 Å². The molecule has 4 aromatic rings. The summed E-state index contributed by atoms with van der Waals surface area (Å²) < 4.78 is 5.58. The van der Waals surface area contributed by atoms with Gasteiger partial charge in [-0.3, -0.25) is 19.3 Å². The van der Waals surface area contributed by atoms with Gasteiger partial charge >= 0.3 is 0 Å². The molecule has 0 saturated carbocycles. The van der Waals surface area contributed by atoms with Gasteiger partial charge in [0.15, 0.2) is 6.61 Å². The summed E-state index contributed by atoms with van der Waals surface area (Å²) in [5.74, 6) is -0.319. The van der Waals surface area contributed by atoms with Crippen molar-refractivity contribution in [2.45, 2.75) is 13.5 Å². The Morgan fingerprint density at radius 3 is 2.61 bits per heavy atom. The molecule has 0 radical (unpaired) electrons. The van der Waals surface area contributed by atoms with Crippen LogP contribution in [0.15, 0.2) is 89.8 Å². The first-order valence-corrected chi connectivity index (χ1v) is 13.1. The van der Waals surface area contributed by atoms with Crippen LogP contribution in [-0.2, 0) is 16.1 Å². The number of rotatable bonds is 7. The number of hydrogen-bond acceptors (Lipinski definition) is 5. The molecule has 3 amide bonds. The van der Waals surface area contributed by atoms with Gasteiger partial charge < -0.3 is 10.1 Å². The zero-order valence-electron chi connectivity index (χ0n) is 20.4. The van der Waals surface area contributed by atoms with E-state index in [1.807, 2.05) is 67.6 Å². The van der Waals surface area contributed by atoms with Gasteiger partial charge in [-0.25, -0.2) is 0 Å². The number of carbonyl (C=O) groups is 3. The smallest absolute Gasteiger partial charge is 0.293 e. The number of nitrogens with zero attached hydrogens (tertiary/aromatic N) is 1. The number of ether oxygens (including phenoxy) is 1. The molecule has 0 unspecified atom stereocenters. The number of amides is 3. The standard InChI is InChI=1S/C30H23ClN2O4S/c1-19-6-4-10-23(14-19)32-28(34)18-37-26-13-12-20(15-25(26)31)16-27-29(35)33(30(36)38-27)17-22-9-5-8-21-7-2-3-11-24(21)22/h2-16H,17-18H2,1H3,(H,32,34)/b27-16-. The van der Waals surface area contributed by atoms with Crippen LogP contribution < -0.4 is 10.1 Å². The van der Waals surface area contributed by atoms with E-state index in [1.54, 1.807) is 30.3 Å². The highest BCUT2D eigenvalue weighted by atomic mass is 35.5. The maximum Gasteiger partial charge on any atom is 0.293 e. The van der Waals surface area contributed by atoms with E-state index in [0.717, 1.165) is 33.7 Å². The fourth-order valence-electron chi connectivity index (χ4n) is 4.18. The molecule has 1 aliphatic rings. The van der Waals surface area contributed by atoms with Crippen molar-refractivity contribution >= 4 is 63.0 Å². The van der Waals surface area contributed by atoms with E-state index in [0.29, 0.717) is 21.9 Å². The number of aryl methyl sites for hydroxylation is 1. The van der Waals surface area contributed by atoms with E-state index < -0.39 is 0 Å². The molecule has 4 aromatic carbocycles. The Bertz CT molecular complexity index is 1600. The fraction of sp³-hybridized carbons (Fsp3) is 0.100. The topological polar surface area (TPSA) is 75.7 Å². The van der Waals surface area contributed by atoms with E-state index in [4.69, 9.17) is 16.3 Å². The average molecular weight is 543 g/mol. The lowest BCUT2D eigenvalue weighted by molar-refractivity contribution is -0.123. The van der Waals surface area contributed by atoms with E-state index in [-0.39, 0.29) is 35.2 Å². The number of halogens is 1. The lowest BCUT2D eigenvalue weighted by Crippen LogP contribution is -2.27. The van der Waals surface area contributed by atoms with Gasteiger partial charge in [0.05, 0.1) is 16.5 Å². The second-order valence-electron chi connectivity index (χ2n) is 8.80. The van der Waals surface area contributed by atoms with Crippen molar-refractivity contribution in [3.63, 3.8) is 0 Å². The first-order valence-electron chi connectivity index (χ1n) is 11.9. The van der Waals surface area contributed by atoms with E-state index in [9.17, 15) is 14.4 Å². The molecule has 8 heteroatoms. The first-order chi connectivity index (χ1) is 18.4. The molecule has 1 fully saturated rings. The van der Waals surface area contributed by atoms with Crippen LogP contribution in [0.25, 0.3) is 16.8 Å². The summed E-state index contributed by atoms with van der Waals surface area (Å²) in [6.07, 6.45) is 1.63. The minimum atomic E-state index is -0.350. The van der Waals surface area contributed by atoms with Gasteiger partial charge in [0.2, 0.25) is 0 Å². The van der Waals surface area contributed by atoms with Crippen LogP contribution >= 0.6 is 23.4 Å². The molecule has 190 valence electrons. The second-order valence-corrected chi connectivity index (χ2v) is 10.2. The van der Waals surface area contributed by atoms with Crippen LogP contribution in [-0.4, -0.2) is 28.6 Å². The molecule has 0 spiro atoms. The van der Waals surface area contributed by atoms with Crippen molar-refractivity contribution in [1.29, 1.82) is 0 Å². The summed E-state index contributed by atoms with van der Waals surface area (Å²) in [4.78, 5) is 39.6. The molecule has 1 aliphatic heterocycles. The molecule has 0 aromatic heterocycles. The SMILES string of the molecule is Cc1cccc(NC(=O)COc2ccc(/C=C3\SC(=O)N(Cc4cccc5ccccc45)C3=O)cc2Cl)c1. The molecule has 0 atom stereocenters.